The first kappa shape index (κ1) is 17.5. The van der Waals surface area contributed by atoms with Gasteiger partial charge in [0.2, 0.25) is 0 Å². The summed E-state index contributed by atoms with van der Waals surface area (Å²) in [5.41, 5.74) is 3.35. The fourth-order valence-corrected chi connectivity index (χ4v) is 4.01. The van der Waals surface area contributed by atoms with Crippen molar-refractivity contribution in [1.82, 2.24) is 14.9 Å². The summed E-state index contributed by atoms with van der Waals surface area (Å²) < 4.78 is 2.28. The van der Waals surface area contributed by atoms with Crippen LogP contribution in [-0.4, -0.2) is 22.0 Å². The van der Waals surface area contributed by atoms with Gasteiger partial charge in [-0.2, -0.15) is 0 Å². The Morgan fingerprint density at radius 1 is 1.07 bits per heavy atom. The van der Waals surface area contributed by atoms with E-state index in [0.717, 1.165) is 21.7 Å². The number of para-hydroxylation sites is 2. The van der Waals surface area contributed by atoms with Crippen molar-refractivity contribution in [2.45, 2.75) is 19.4 Å². The number of carbonyl (C=O) groups is 1. The van der Waals surface area contributed by atoms with Gasteiger partial charge in [-0.3, -0.25) is 4.79 Å². The molecule has 4 nitrogen and oxygen atoms in total. The Balaban J connectivity index is 1.59. The van der Waals surface area contributed by atoms with E-state index >= 15 is 0 Å². The van der Waals surface area contributed by atoms with E-state index in [2.05, 4.69) is 47.1 Å². The number of nitrogens with one attached hydrogen (secondary N) is 1. The normalized spacial score (nSPS) is 12.2. The first-order chi connectivity index (χ1) is 13.2. The standard InChI is InChI=1S/C22H21N3OS/c1-16(17-8-3-2-4-9-17)25-19-11-6-5-10-18(19)24-21(25)13-14-23-22(26)20-12-7-15-27-20/h2-12,15-16H,13-14H2,1H3,(H,23,26). The molecule has 27 heavy (non-hydrogen) atoms. The van der Waals surface area contributed by atoms with Crippen molar-refractivity contribution in [2.75, 3.05) is 6.54 Å². The third-order valence-corrected chi connectivity index (χ3v) is 5.59. The van der Waals surface area contributed by atoms with E-state index in [0.29, 0.717) is 13.0 Å². The molecule has 1 unspecified atom stereocenters. The third-order valence-electron chi connectivity index (χ3n) is 4.72. The Kier molecular flexibility index (Phi) is 5.03. The molecule has 1 N–H and O–H groups in total. The van der Waals surface area contributed by atoms with E-state index in [-0.39, 0.29) is 11.9 Å². The van der Waals surface area contributed by atoms with Crippen LogP contribution in [0.25, 0.3) is 11.0 Å². The highest BCUT2D eigenvalue weighted by molar-refractivity contribution is 7.12. The number of amides is 1. The summed E-state index contributed by atoms with van der Waals surface area (Å²) >= 11 is 1.45. The summed E-state index contributed by atoms with van der Waals surface area (Å²) in [6.07, 6.45) is 0.684. The highest BCUT2D eigenvalue weighted by Crippen LogP contribution is 2.26. The topological polar surface area (TPSA) is 46.9 Å². The summed E-state index contributed by atoms with van der Waals surface area (Å²) in [5.74, 6) is 0.961. The maximum atomic E-state index is 12.2. The lowest BCUT2D eigenvalue weighted by Gasteiger charge is -2.18. The third kappa shape index (κ3) is 3.64. The van der Waals surface area contributed by atoms with Gasteiger partial charge in [-0.15, -0.1) is 11.3 Å². The first-order valence-electron chi connectivity index (χ1n) is 9.06. The monoisotopic (exact) mass is 375 g/mol. The molecule has 0 saturated carbocycles. The second kappa shape index (κ2) is 7.76. The van der Waals surface area contributed by atoms with Crippen molar-refractivity contribution < 1.29 is 4.79 Å². The molecule has 1 atom stereocenters. The zero-order valence-corrected chi connectivity index (χ0v) is 15.9. The number of thiophene rings is 1. The van der Waals surface area contributed by atoms with Crippen LogP contribution in [0.2, 0.25) is 0 Å². The van der Waals surface area contributed by atoms with E-state index in [1.807, 2.05) is 41.8 Å². The predicted molar refractivity (Wildman–Crippen MR) is 110 cm³/mol. The number of hydrogen-bond donors (Lipinski definition) is 1. The summed E-state index contributed by atoms with van der Waals surface area (Å²) in [6.45, 7) is 2.75. The molecule has 0 saturated heterocycles. The molecule has 0 aliphatic heterocycles. The van der Waals surface area contributed by atoms with Gasteiger partial charge in [-0.05, 0) is 36.1 Å². The van der Waals surface area contributed by atoms with Gasteiger partial charge < -0.3 is 9.88 Å². The molecule has 0 bridgehead atoms. The van der Waals surface area contributed by atoms with Crippen LogP contribution in [-0.2, 0) is 6.42 Å². The molecule has 0 aliphatic rings. The van der Waals surface area contributed by atoms with Crippen LogP contribution in [0.1, 0.15) is 34.0 Å². The van der Waals surface area contributed by atoms with E-state index in [4.69, 9.17) is 4.98 Å². The summed E-state index contributed by atoms with van der Waals surface area (Å²) in [4.78, 5) is 17.8. The zero-order valence-electron chi connectivity index (χ0n) is 15.1. The van der Waals surface area contributed by atoms with Crippen LogP contribution >= 0.6 is 11.3 Å². The van der Waals surface area contributed by atoms with E-state index < -0.39 is 0 Å². The van der Waals surface area contributed by atoms with Gasteiger partial charge in [-0.25, -0.2) is 4.98 Å². The Labute approximate surface area is 162 Å². The Hall–Kier alpha value is -2.92. The molecular weight excluding hydrogens is 354 g/mol. The van der Waals surface area contributed by atoms with Crippen LogP contribution in [0.3, 0.4) is 0 Å². The number of hydrogen-bond acceptors (Lipinski definition) is 3. The van der Waals surface area contributed by atoms with Crippen molar-refractivity contribution >= 4 is 28.3 Å². The maximum Gasteiger partial charge on any atom is 0.261 e. The molecule has 2 aromatic heterocycles. The Morgan fingerprint density at radius 2 is 1.85 bits per heavy atom. The van der Waals surface area contributed by atoms with Crippen LogP contribution < -0.4 is 5.32 Å². The fourth-order valence-electron chi connectivity index (χ4n) is 3.37. The van der Waals surface area contributed by atoms with Gasteiger partial charge in [0.1, 0.15) is 5.82 Å². The van der Waals surface area contributed by atoms with Crippen molar-refractivity contribution in [1.29, 1.82) is 0 Å². The number of aromatic nitrogens is 2. The quantitative estimate of drug-likeness (QED) is 0.532. The minimum Gasteiger partial charge on any atom is -0.351 e. The summed E-state index contributed by atoms with van der Waals surface area (Å²) in [7, 11) is 0. The van der Waals surface area contributed by atoms with E-state index in [1.54, 1.807) is 0 Å². The zero-order chi connectivity index (χ0) is 18.6. The molecule has 4 rings (SSSR count). The molecule has 136 valence electrons. The fraction of sp³-hybridized carbons (Fsp3) is 0.182. The number of rotatable bonds is 6. The van der Waals surface area contributed by atoms with Gasteiger partial charge in [0.15, 0.2) is 0 Å². The van der Waals surface area contributed by atoms with Crippen molar-refractivity contribution in [3.05, 3.63) is 88.4 Å². The molecule has 4 aromatic rings. The number of benzene rings is 2. The molecule has 2 aromatic carbocycles. The van der Waals surface area contributed by atoms with Gasteiger partial charge in [0.05, 0.1) is 22.0 Å². The minimum absolute atomic E-state index is 0.0243. The van der Waals surface area contributed by atoms with Crippen LogP contribution in [0.15, 0.2) is 72.1 Å². The SMILES string of the molecule is CC(c1ccccc1)n1c(CCNC(=O)c2cccs2)nc2ccccc21. The molecule has 1 amide bonds. The van der Waals surface area contributed by atoms with Gasteiger partial charge in [0.25, 0.3) is 5.91 Å². The van der Waals surface area contributed by atoms with Crippen LogP contribution in [0.5, 0.6) is 0 Å². The highest BCUT2D eigenvalue weighted by atomic mass is 32.1. The molecule has 2 heterocycles. The van der Waals surface area contributed by atoms with Crippen LogP contribution in [0.4, 0.5) is 0 Å². The lowest BCUT2D eigenvalue weighted by molar-refractivity contribution is 0.0958. The van der Waals surface area contributed by atoms with Crippen LogP contribution in [0, 0.1) is 0 Å². The first-order valence-corrected chi connectivity index (χ1v) is 9.94. The average molecular weight is 375 g/mol. The lowest BCUT2D eigenvalue weighted by atomic mass is 10.1. The van der Waals surface area contributed by atoms with Crippen molar-refractivity contribution in [3.8, 4) is 0 Å². The predicted octanol–water partition coefficient (Wildman–Crippen LogP) is 4.68. The molecule has 0 spiro atoms. The second-order valence-electron chi connectivity index (χ2n) is 6.46. The number of fused-ring (bicyclic) bond motifs is 1. The summed E-state index contributed by atoms with van der Waals surface area (Å²) in [6, 6.07) is 22.5. The Bertz CT molecular complexity index is 1040. The van der Waals surface area contributed by atoms with Gasteiger partial charge >= 0.3 is 0 Å². The molecule has 0 radical (unpaired) electrons. The average Bonchev–Trinajstić information content (AvgIpc) is 3.36. The van der Waals surface area contributed by atoms with Gasteiger partial charge in [-0.1, -0.05) is 48.5 Å². The smallest absolute Gasteiger partial charge is 0.261 e. The van der Waals surface area contributed by atoms with Gasteiger partial charge in [0, 0.05) is 13.0 Å². The largest absolute Gasteiger partial charge is 0.351 e. The molecule has 0 aliphatic carbocycles. The maximum absolute atomic E-state index is 12.2. The molecule has 0 fully saturated rings. The number of imidazole rings is 1. The summed E-state index contributed by atoms with van der Waals surface area (Å²) in [5, 5.41) is 4.91. The molecular formula is C22H21N3OS. The van der Waals surface area contributed by atoms with Crippen molar-refractivity contribution in [3.63, 3.8) is 0 Å². The van der Waals surface area contributed by atoms with Crippen molar-refractivity contribution in [2.24, 2.45) is 0 Å². The van der Waals surface area contributed by atoms with E-state index in [9.17, 15) is 4.79 Å². The Morgan fingerprint density at radius 3 is 2.63 bits per heavy atom. The minimum atomic E-state index is -0.0243. The highest BCUT2D eigenvalue weighted by Gasteiger charge is 2.17. The lowest BCUT2D eigenvalue weighted by Crippen LogP contribution is -2.26. The molecule has 5 heteroatoms. The number of carbonyl (C=O) groups excluding carboxylic acids is 1. The van der Waals surface area contributed by atoms with E-state index in [1.165, 1.54) is 16.9 Å². The second-order valence-corrected chi connectivity index (χ2v) is 7.40. The number of nitrogens with zero attached hydrogens (tertiary/aromatic N) is 2.